The van der Waals surface area contributed by atoms with Gasteiger partial charge in [-0.1, -0.05) is 23.7 Å². The number of halogens is 1. The van der Waals surface area contributed by atoms with Crippen LogP contribution in [0.3, 0.4) is 0 Å². The number of aromatic nitrogens is 2. The average Bonchev–Trinajstić information content (AvgIpc) is 2.54. The SMILES string of the molecule is Cc1cnc(NC2CCCN(c3ccccc3Cl)C2=O)nc1C. The minimum absolute atomic E-state index is 0.00572. The summed E-state index contributed by atoms with van der Waals surface area (Å²) < 4.78 is 0. The molecular formula is C17H19ClN4O. The molecule has 1 amide bonds. The van der Waals surface area contributed by atoms with Gasteiger partial charge in [-0.2, -0.15) is 0 Å². The van der Waals surface area contributed by atoms with E-state index in [-0.39, 0.29) is 11.9 Å². The Hall–Kier alpha value is -2.14. The predicted molar refractivity (Wildman–Crippen MR) is 92.0 cm³/mol. The molecule has 1 N–H and O–H groups in total. The summed E-state index contributed by atoms with van der Waals surface area (Å²) in [4.78, 5) is 23.2. The molecule has 5 nitrogen and oxygen atoms in total. The fraction of sp³-hybridized carbons (Fsp3) is 0.353. The van der Waals surface area contributed by atoms with Crippen LogP contribution in [0.4, 0.5) is 11.6 Å². The van der Waals surface area contributed by atoms with E-state index in [4.69, 9.17) is 11.6 Å². The Morgan fingerprint density at radius 3 is 2.83 bits per heavy atom. The fourth-order valence-electron chi connectivity index (χ4n) is 2.67. The molecule has 23 heavy (non-hydrogen) atoms. The normalized spacial score (nSPS) is 18.1. The molecule has 1 aromatic carbocycles. The van der Waals surface area contributed by atoms with Gasteiger partial charge in [-0.3, -0.25) is 4.79 Å². The zero-order valence-electron chi connectivity index (χ0n) is 13.2. The van der Waals surface area contributed by atoms with Crippen molar-refractivity contribution < 1.29 is 4.79 Å². The van der Waals surface area contributed by atoms with Gasteiger partial charge in [0.25, 0.3) is 0 Å². The van der Waals surface area contributed by atoms with E-state index >= 15 is 0 Å². The zero-order chi connectivity index (χ0) is 16.4. The van der Waals surface area contributed by atoms with E-state index in [1.807, 2.05) is 32.0 Å². The van der Waals surface area contributed by atoms with Crippen LogP contribution in [-0.4, -0.2) is 28.5 Å². The fourth-order valence-corrected chi connectivity index (χ4v) is 2.91. The molecule has 0 spiro atoms. The first-order chi connectivity index (χ1) is 11.1. The van der Waals surface area contributed by atoms with E-state index in [9.17, 15) is 4.79 Å². The Morgan fingerprint density at radius 2 is 2.09 bits per heavy atom. The van der Waals surface area contributed by atoms with Gasteiger partial charge in [-0.15, -0.1) is 0 Å². The number of hydrogen-bond donors (Lipinski definition) is 1. The minimum Gasteiger partial charge on any atom is -0.342 e. The third-order valence-electron chi connectivity index (χ3n) is 4.11. The van der Waals surface area contributed by atoms with Crippen LogP contribution in [0.5, 0.6) is 0 Å². The van der Waals surface area contributed by atoms with E-state index < -0.39 is 0 Å². The molecule has 6 heteroatoms. The van der Waals surface area contributed by atoms with Crippen LogP contribution in [0.1, 0.15) is 24.1 Å². The van der Waals surface area contributed by atoms with Crippen LogP contribution in [0.15, 0.2) is 30.5 Å². The van der Waals surface area contributed by atoms with Gasteiger partial charge in [0.1, 0.15) is 6.04 Å². The number of carbonyl (C=O) groups excluding carboxylic acids is 1. The quantitative estimate of drug-likeness (QED) is 0.937. The lowest BCUT2D eigenvalue weighted by Crippen LogP contribution is -2.48. The number of rotatable bonds is 3. The van der Waals surface area contributed by atoms with Gasteiger partial charge in [0.15, 0.2) is 0 Å². The molecule has 1 atom stereocenters. The molecule has 1 aliphatic heterocycles. The highest BCUT2D eigenvalue weighted by molar-refractivity contribution is 6.33. The predicted octanol–water partition coefficient (Wildman–Crippen LogP) is 3.35. The summed E-state index contributed by atoms with van der Waals surface area (Å²) in [5, 5.41) is 3.75. The zero-order valence-corrected chi connectivity index (χ0v) is 14.0. The summed E-state index contributed by atoms with van der Waals surface area (Å²) in [6, 6.07) is 7.08. The molecule has 1 fully saturated rings. The second kappa shape index (κ2) is 6.54. The van der Waals surface area contributed by atoms with Gasteiger partial charge >= 0.3 is 0 Å². The second-order valence-electron chi connectivity index (χ2n) is 5.74. The number of anilines is 2. The molecule has 1 aliphatic rings. The largest absolute Gasteiger partial charge is 0.342 e. The monoisotopic (exact) mass is 330 g/mol. The molecule has 1 saturated heterocycles. The third-order valence-corrected chi connectivity index (χ3v) is 4.43. The molecule has 0 saturated carbocycles. The standard InChI is InChI=1S/C17H19ClN4O/c1-11-10-19-17(20-12(11)2)21-14-7-5-9-22(16(14)23)15-8-4-3-6-13(15)18/h3-4,6,8,10,14H,5,7,9H2,1-2H3,(H,19,20,21). The number of para-hydroxylation sites is 1. The second-order valence-corrected chi connectivity index (χ2v) is 6.15. The molecule has 0 radical (unpaired) electrons. The van der Waals surface area contributed by atoms with Gasteiger partial charge in [0.2, 0.25) is 11.9 Å². The summed E-state index contributed by atoms with van der Waals surface area (Å²) in [5.41, 5.74) is 2.70. The number of nitrogens with one attached hydrogen (secondary N) is 1. The molecular weight excluding hydrogens is 312 g/mol. The van der Waals surface area contributed by atoms with Gasteiger partial charge in [0.05, 0.1) is 10.7 Å². The molecule has 1 unspecified atom stereocenters. The Morgan fingerprint density at radius 1 is 1.30 bits per heavy atom. The summed E-state index contributed by atoms with van der Waals surface area (Å²) in [5.74, 6) is 0.499. The highest BCUT2D eigenvalue weighted by Gasteiger charge is 2.31. The number of carbonyl (C=O) groups is 1. The van der Waals surface area contributed by atoms with Crippen molar-refractivity contribution in [2.45, 2.75) is 32.7 Å². The van der Waals surface area contributed by atoms with Crippen molar-refractivity contribution in [3.63, 3.8) is 0 Å². The lowest BCUT2D eigenvalue weighted by molar-refractivity contribution is -0.120. The number of amides is 1. The van der Waals surface area contributed by atoms with E-state index in [1.165, 1.54) is 0 Å². The van der Waals surface area contributed by atoms with E-state index in [0.29, 0.717) is 17.5 Å². The van der Waals surface area contributed by atoms with Crippen molar-refractivity contribution in [1.29, 1.82) is 0 Å². The van der Waals surface area contributed by atoms with Crippen LogP contribution in [0.2, 0.25) is 5.02 Å². The number of piperidine rings is 1. The summed E-state index contributed by atoms with van der Waals surface area (Å²) >= 11 is 6.23. The molecule has 0 bridgehead atoms. The third kappa shape index (κ3) is 3.29. The molecule has 1 aromatic heterocycles. The Bertz CT molecular complexity index is 734. The topological polar surface area (TPSA) is 58.1 Å². The van der Waals surface area contributed by atoms with Crippen molar-refractivity contribution in [2.75, 3.05) is 16.8 Å². The van der Waals surface area contributed by atoms with Crippen molar-refractivity contribution in [2.24, 2.45) is 0 Å². The smallest absolute Gasteiger partial charge is 0.249 e. The highest BCUT2D eigenvalue weighted by Crippen LogP contribution is 2.29. The van der Waals surface area contributed by atoms with Gasteiger partial charge in [-0.05, 0) is 44.4 Å². The highest BCUT2D eigenvalue weighted by atomic mass is 35.5. The number of aryl methyl sites for hydroxylation is 2. The number of benzene rings is 1. The van der Waals surface area contributed by atoms with Crippen LogP contribution in [0, 0.1) is 13.8 Å². The van der Waals surface area contributed by atoms with E-state index in [0.717, 1.165) is 29.8 Å². The maximum Gasteiger partial charge on any atom is 0.249 e. The maximum absolute atomic E-state index is 12.8. The molecule has 2 aromatic rings. The first-order valence-electron chi connectivity index (χ1n) is 7.69. The van der Waals surface area contributed by atoms with Crippen molar-refractivity contribution in [1.82, 2.24) is 9.97 Å². The molecule has 120 valence electrons. The summed E-state index contributed by atoms with van der Waals surface area (Å²) in [6.45, 7) is 4.57. The Labute approximate surface area is 140 Å². The first-order valence-corrected chi connectivity index (χ1v) is 8.07. The number of nitrogens with zero attached hydrogens (tertiary/aromatic N) is 3. The summed E-state index contributed by atoms with van der Waals surface area (Å²) in [6.07, 6.45) is 3.43. The van der Waals surface area contributed by atoms with Crippen molar-refractivity contribution in [3.8, 4) is 0 Å². The lowest BCUT2D eigenvalue weighted by atomic mass is 10.0. The Balaban J connectivity index is 1.80. The molecule has 3 rings (SSSR count). The summed E-state index contributed by atoms with van der Waals surface area (Å²) in [7, 11) is 0. The maximum atomic E-state index is 12.8. The van der Waals surface area contributed by atoms with Crippen LogP contribution in [0.25, 0.3) is 0 Å². The first kappa shape index (κ1) is 15.7. The van der Waals surface area contributed by atoms with Gasteiger partial charge < -0.3 is 10.2 Å². The molecule has 0 aliphatic carbocycles. The van der Waals surface area contributed by atoms with Crippen LogP contribution < -0.4 is 10.2 Å². The van der Waals surface area contributed by atoms with Crippen molar-refractivity contribution in [3.05, 3.63) is 46.7 Å². The van der Waals surface area contributed by atoms with Crippen LogP contribution in [-0.2, 0) is 4.79 Å². The van der Waals surface area contributed by atoms with Crippen molar-refractivity contribution >= 4 is 29.1 Å². The van der Waals surface area contributed by atoms with Gasteiger partial charge in [0, 0.05) is 18.4 Å². The van der Waals surface area contributed by atoms with E-state index in [2.05, 4.69) is 15.3 Å². The van der Waals surface area contributed by atoms with Crippen LogP contribution >= 0.6 is 11.6 Å². The molecule has 2 heterocycles. The van der Waals surface area contributed by atoms with E-state index in [1.54, 1.807) is 17.2 Å². The average molecular weight is 331 g/mol. The Kier molecular flexibility index (Phi) is 4.48. The minimum atomic E-state index is -0.331. The lowest BCUT2D eigenvalue weighted by Gasteiger charge is -2.33. The van der Waals surface area contributed by atoms with Gasteiger partial charge in [-0.25, -0.2) is 9.97 Å². The number of hydrogen-bond acceptors (Lipinski definition) is 4.